The Morgan fingerprint density at radius 1 is 0.964 bits per heavy atom. The Morgan fingerprint density at radius 3 is 2.11 bits per heavy atom. The van der Waals surface area contributed by atoms with E-state index in [0.29, 0.717) is 0 Å². The SMILES string of the molecule is COc1ccc2[nH]c(Br)c(CC(=O)Oc3c(F)c(F)c(F)c(F)c3F)c2c1F. The van der Waals surface area contributed by atoms with E-state index in [2.05, 4.69) is 25.7 Å². The number of carbonyl (C=O) groups is 1. The molecule has 3 rings (SSSR count). The van der Waals surface area contributed by atoms with Crippen LogP contribution in [0.25, 0.3) is 10.9 Å². The highest BCUT2D eigenvalue weighted by molar-refractivity contribution is 9.10. The standard InChI is InChI=1S/C17H8BrF6NO3/c1-27-7-3-2-6-9(10(7)19)5(17(18)25-6)4-8(26)28-16-14(23)12(21)11(20)13(22)15(16)24/h2-3,25H,4H2,1H3. The first-order valence-corrected chi connectivity index (χ1v) is 8.21. The first-order chi connectivity index (χ1) is 13.2. The van der Waals surface area contributed by atoms with Crippen molar-refractivity contribution in [2.45, 2.75) is 6.42 Å². The minimum absolute atomic E-state index is 0.000252. The number of aromatic nitrogens is 1. The normalized spacial score (nSPS) is 11.1. The summed E-state index contributed by atoms with van der Waals surface area (Å²) in [5.41, 5.74) is 0.268. The van der Waals surface area contributed by atoms with Crippen molar-refractivity contribution < 1.29 is 40.6 Å². The molecule has 0 aliphatic carbocycles. The van der Waals surface area contributed by atoms with Gasteiger partial charge in [-0.1, -0.05) is 0 Å². The maximum atomic E-state index is 14.5. The molecular formula is C17H8BrF6NO3. The molecule has 0 saturated carbocycles. The Balaban J connectivity index is 1.99. The van der Waals surface area contributed by atoms with E-state index in [-0.39, 0.29) is 26.8 Å². The minimum atomic E-state index is -2.39. The van der Waals surface area contributed by atoms with E-state index in [9.17, 15) is 31.1 Å². The van der Waals surface area contributed by atoms with E-state index in [0.717, 1.165) is 0 Å². The fourth-order valence-corrected chi connectivity index (χ4v) is 3.10. The van der Waals surface area contributed by atoms with Crippen LogP contribution in [0.5, 0.6) is 11.5 Å². The number of fused-ring (bicyclic) bond motifs is 1. The molecule has 0 spiro atoms. The lowest BCUT2D eigenvalue weighted by Gasteiger charge is -2.09. The Labute approximate surface area is 161 Å². The molecule has 11 heteroatoms. The van der Waals surface area contributed by atoms with Crippen molar-refractivity contribution in [3.8, 4) is 11.5 Å². The zero-order chi connectivity index (χ0) is 20.7. The van der Waals surface area contributed by atoms with Gasteiger partial charge in [0.2, 0.25) is 34.8 Å². The van der Waals surface area contributed by atoms with Gasteiger partial charge in [-0.2, -0.15) is 8.78 Å². The number of esters is 1. The van der Waals surface area contributed by atoms with Crippen molar-refractivity contribution in [2.24, 2.45) is 0 Å². The molecule has 28 heavy (non-hydrogen) atoms. The quantitative estimate of drug-likeness (QED) is 0.195. The number of H-pyrrole nitrogens is 1. The average molecular weight is 468 g/mol. The molecule has 0 radical (unpaired) electrons. The van der Waals surface area contributed by atoms with Gasteiger partial charge in [0.15, 0.2) is 11.6 Å². The Morgan fingerprint density at radius 2 is 1.54 bits per heavy atom. The molecule has 1 N–H and O–H groups in total. The fourth-order valence-electron chi connectivity index (χ4n) is 2.55. The number of benzene rings is 2. The summed E-state index contributed by atoms with van der Waals surface area (Å²) in [6, 6.07) is 2.79. The first-order valence-electron chi connectivity index (χ1n) is 7.42. The molecule has 0 aliphatic heterocycles. The lowest BCUT2D eigenvalue weighted by Crippen LogP contribution is -2.15. The van der Waals surface area contributed by atoms with Gasteiger partial charge in [0.05, 0.1) is 18.1 Å². The van der Waals surface area contributed by atoms with Crippen molar-refractivity contribution >= 4 is 32.8 Å². The highest BCUT2D eigenvalue weighted by Gasteiger charge is 2.29. The van der Waals surface area contributed by atoms with Crippen LogP contribution in [0.4, 0.5) is 26.3 Å². The molecule has 0 saturated heterocycles. The zero-order valence-corrected chi connectivity index (χ0v) is 15.3. The third-order valence-corrected chi connectivity index (χ3v) is 4.52. The van der Waals surface area contributed by atoms with Crippen molar-refractivity contribution in [3.05, 3.63) is 57.2 Å². The van der Waals surface area contributed by atoms with E-state index in [1.165, 1.54) is 19.2 Å². The van der Waals surface area contributed by atoms with E-state index in [4.69, 9.17) is 4.74 Å². The molecule has 0 aliphatic rings. The van der Waals surface area contributed by atoms with Crippen LogP contribution in [0.1, 0.15) is 5.56 Å². The predicted octanol–water partition coefficient (Wildman–Crippen LogP) is 4.92. The molecule has 0 fully saturated rings. The molecule has 0 amide bonds. The first kappa shape index (κ1) is 20.1. The third kappa shape index (κ3) is 3.19. The highest BCUT2D eigenvalue weighted by atomic mass is 79.9. The maximum Gasteiger partial charge on any atom is 0.315 e. The summed E-state index contributed by atoms with van der Waals surface area (Å²) in [6.07, 6.45) is -0.746. The van der Waals surface area contributed by atoms with Gasteiger partial charge in [-0.25, -0.2) is 17.6 Å². The van der Waals surface area contributed by atoms with E-state index in [1.807, 2.05) is 0 Å². The zero-order valence-electron chi connectivity index (χ0n) is 13.7. The van der Waals surface area contributed by atoms with Crippen LogP contribution < -0.4 is 9.47 Å². The summed E-state index contributed by atoms with van der Waals surface area (Å²) in [4.78, 5) is 14.8. The predicted molar refractivity (Wildman–Crippen MR) is 88.1 cm³/mol. The summed E-state index contributed by atoms with van der Waals surface area (Å²) < 4.78 is 90.6. The number of hydrogen-bond acceptors (Lipinski definition) is 3. The van der Waals surface area contributed by atoms with Gasteiger partial charge in [-0.05, 0) is 28.1 Å². The highest BCUT2D eigenvalue weighted by Crippen LogP contribution is 2.34. The smallest absolute Gasteiger partial charge is 0.315 e. The number of ether oxygens (including phenoxy) is 2. The number of carbonyl (C=O) groups excluding carboxylic acids is 1. The lowest BCUT2D eigenvalue weighted by atomic mass is 10.1. The molecule has 148 valence electrons. The largest absolute Gasteiger partial charge is 0.494 e. The van der Waals surface area contributed by atoms with Crippen LogP contribution in [0.15, 0.2) is 16.7 Å². The number of hydrogen-bond donors (Lipinski definition) is 1. The van der Waals surface area contributed by atoms with E-state index >= 15 is 0 Å². The van der Waals surface area contributed by atoms with Crippen LogP contribution in [-0.4, -0.2) is 18.1 Å². The van der Waals surface area contributed by atoms with Gasteiger partial charge in [0.25, 0.3) is 0 Å². The number of aromatic amines is 1. The molecule has 1 heterocycles. The summed E-state index contributed by atoms with van der Waals surface area (Å²) >= 11 is 3.08. The van der Waals surface area contributed by atoms with Gasteiger partial charge >= 0.3 is 5.97 Å². The Kier molecular flexibility index (Phi) is 5.28. The number of methoxy groups -OCH3 is 1. The second kappa shape index (κ2) is 7.38. The Hall–Kier alpha value is -2.69. The second-order valence-electron chi connectivity index (χ2n) is 5.47. The average Bonchev–Trinajstić information content (AvgIpc) is 2.98. The number of rotatable bonds is 4. The molecule has 3 aromatic rings. The van der Waals surface area contributed by atoms with Crippen molar-refractivity contribution in [3.63, 3.8) is 0 Å². The maximum absolute atomic E-state index is 14.5. The van der Waals surface area contributed by atoms with Gasteiger partial charge in [-0.15, -0.1) is 0 Å². The van der Waals surface area contributed by atoms with Gasteiger partial charge < -0.3 is 14.5 Å². The van der Waals surface area contributed by atoms with Crippen LogP contribution >= 0.6 is 15.9 Å². The van der Waals surface area contributed by atoms with Crippen molar-refractivity contribution in [1.82, 2.24) is 4.98 Å². The monoisotopic (exact) mass is 467 g/mol. The second-order valence-corrected chi connectivity index (χ2v) is 6.26. The topological polar surface area (TPSA) is 51.3 Å². The van der Waals surface area contributed by atoms with Crippen LogP contribution in [0.3, 0.4) is 0 Å². The molecular weight excluding hydrogens is 460 g/mol. The van der Waals surface area contributed by atoms with Crippen LogP contribution in [-0.2, 0) is 11.2 Å². The molecule has 0 unspecified atom stereocenters. The Bertz CT molecular complexity index is 1090. The summed E-state index contributed by atoms with van der Waals surface area (Å²) in [7, 11) is 1.23. The fraction of sp³-hybridized carbons (Fsp3) is 0.118. The van der Waals surface area contributed by atoms with E-state index in [1.54, 1.807) is 0 Å². The minimum Gasteiger partial charge on any atom is -0.494 e. The molecule has 2 aromatic carbocycles. The third-order valence-electron chi connectivity index (χ3n) is 3.84. The van der Waals surface area contributed by atoms with Gasteiger partial charge in [0.1, 0.15) is 0 Å². The van der Waals surface area contributed by atoms with Crippen molar-refractivity contribution in [1.29, 1.82) is 0 Å². The summed E-state index contributed by atoms with van der Waals surface area (Å²) in [6.45, 7) is 0. The molecule has 0 bridgehead atoms. The summed E-state index contributed by atoms with van der Waals surface area (Å²) in [5.74, 6) is -15.6. The lowest BCUT2D eigenvalue weighted by molar-refractivity contribution is -0.134. The van der Waals surface area contributed by atoms with Crippen molar-refractivity contribution in [2.75, 3.05) is 7.11 Å². The van der Waals surface area contributed by atoms with Crippen LogP contribution in [0, 0.1) is 34.9 Å². The van der Waals surface area contributed by atoms with Gasteiger partial charge in [0, 0.05) is 16.5 Å². The van der Waals surface area contributed by atoms with Crippen LogP contribution in [0.2, 0.25) is 0 Å². The summed E-state index contributed by atoms with van der Waals surface area (Å²) in [5, 5.41) is -0.0689. The molecule has 1 aromatic heterocycles. The molecule has 0 atom stereocenters. The molecule has 4 nitrogen and oxygen atoms in total. The van der Waals surface area contributed by atoms with Gasteiger partial charge in [-0.3, -0.25) is 4.79 Å². The number of halogens is 7. The van der Waals surface area contributed by atoms with E-state index < -0.39 is 53.0 Å². The number of nitrogens with one attached hydrogen (secondary N) is 1.